The third-order valence-corrected chi connectivity index (χ3v) is 5.64. The number of hydrogen-bond donors (Lipinski definition) is 3. The number of rotatable bonds is 7. The largest absolute Gasteiger partial charge is 0.486 e. The average molecular weight is 478 g/mol. The van der Waals surface area contributed by atoms with Crippen LogP contribution < -0.4 is 24.8 Å². The van der Waals surface area contributed by atoms with E-state index in [1.807, 2.05) is 0 Å². The van der Waals surface area contributed by atoms with E-state index in [0.29, 0.717) is 36.1 Å². The van der Waals surface area contributed by atoms with E-state index in [-0.39, 0.29) is 23.8 Å². The zero-order chi connectivity index (χ0) is 24.1. The van der Waals surface area contributed by atoms with Gasteiger partial charge in [0.1, 0.15) is 18.8 Å². The van der Waals surface area contributed by atoms with E-state index >= 15 is 0 Å². The Kier molecular flexibility index (Phi) is 7.32. The van der Waals surface area contributed by atoms with Gasteiger partial charge in [-0.25, -0.2) is 13.2 Å². The van der Waals surface area contributed by atoms with E-state index in [4.69, 9.17) is 14.2 Å². The molecule has 0 saturated carbocycles. The van der Waals surface area contributed by atoms with Gasteiger partial charge in [-0.3, -0.25) is 9.52 Å². The summed E-state index contributed by atoms with van der Waals surface area (Å²) in [5.41, 5.74) is 0.201. The first kappa shape index (κ1) is 24.2. The molecule has 1 heterocycles. The molecule has 0 unspecified atom stereocenters. The van der Waals surface area contributed by atoms with Crippen LogP contribution >= 0.6 is 0 Å². The molecule has 0 aliphatic carbocycles. The van der Waals surface area contributed by atoms with Crippen LogP contribution in [0.1, 0.15) is 27.2 Å². The van der Waals surface area contributed by atoms with Crippen LogP contribution in [-0.4, -0.2) is 45.8 Å². The van der Waals surface area contributed by atoms with E-state index in [9.17, 15) is 18.0 Å². The fraction of sp³-hybridized carbons (Fsp3) is 0.364. The fourth-order valence-electron chi connectivity index (χ4n) is 2.84. The highest BCUT2D eigenvalue weighted by atomic mass is 32.2. The fourth-order valence-corrected chi connectivity index (χ4v) is 3.92. The van der Waals surface area contributed by atoms with Crippen molar-refractivity contribution >= 4 is 33.4 Å². The molecule has 33 heavy (non-hydrogen) atoms. The third-order valence-electron chi connectivity index (χ3n) is 4.27. The lowest BCUT2D eigenvalue weighted by atomic mass is 10.2. The van der Waals surface area contributed by atoms with E-state index < -0.39 is 21.7 Å². The van der Waals surface area contributed by atoms with Crippen molar-refractivity contribution in [1.29, 1.82) is 0 Å². The van der Waals surface area contributed by atoms with Crippen molar-refractivity contribution in [3.05, 3.63) is 42.5 Å². The maximum absolute atomic E-state index is 12.7. The zero-order valence-electron chi connectivity index (χ0n) is 18.6. The Bertz CT molecular complexity index is 1110. The number of alkyl carbamates (subject to hydrolysis) is 1. The highest BCUT2D eigenvalue weighted by molar-refractivity contribution is 7.92. The predicted molar refractivity (Wildman–Crippen MR) is 122 cm³/mol. The minimum Gasteiger partial charge on any atom is -0.486 e. The lowest BCUT2D eigenvalue weighted by molar-refractivity contribution is -0.116. The van der Waals surface area contributed by atoms with Crippen LogP contribution in [-0.2, 0) is 19.6 Å². The minimum atomic E-state index is -3.84. The molecule has 2 amide bonds. The summed E-state index contributed by atoms with van der Waals surface area (Å²) in [5, 5.41) is 5.19. The van der Waals surface area contributed by atoms with Crippen molar-refractivity contribution in [3.63, 3.8) is 0 Å². The molecule has 3 rings (SSSR count). The summed E-state index contributed by atoms with van der Waals surface area (Å²) in [4.78, 5) is 23.7. The molecular weight excluding hydrogens is 450 g/mol. The Labute approximate surface area is 192 Å². The van der Waals surface area contributed by atoms with Crippen molar-refractivity contribution in [2.24, 2.45) is 0 Å². The van der Waals surface area contributed by atoms with Gasteiger partial charge in [0.15, 0.2) is 11.5 Å². The van der Waals surface area contributed by atoms with Crippen LogP contribution in [0.3, 0.4) is 0 Å². The molecule has 0 atom stereocenters. The summed E-state index contributed by atoms with van der Waals surface area (Å²) in [6.07, 6.45) is -0.539. The number of fused-ring (bicyclic) bond motifs is 1. The van der Waals surface area contributed by atoms with Gasteiger partial charge in [0.2, 0.25) is 5.91 Å². The van der Waals surface area contributed by atoms with Gasteiger partial charge >= 0.3 is 6.09 Å². The molecule has 0 bridgehead atoms. The molecule has 10 nitrogen and oxygen atoms in total. The summed E-state index contributed by atoms with van der Waals surface area (Å²) in [7, 11) is -3.84. The van der Waals surface area contributed by atoms with E-state index in [0.717, 1.165) is 0 Å². The third kappa shape index (κ3) is 7.28. The Hall–Kier alpha value is -3.47. The Morgan fingerprint density at radius 3 is 2.27 bits per heavy atom. The van der Waals surface area contributed by atoms with Crippen LogP contribution in [0.2, 0.25) is 0 Å². The van der Waals surface area contributed by atoms with Gasteiger partial charge in [-0.1, -0.05) is 0 Å². The predicted octanol–water partition coefficient (Wildman–Crippen LogP) is 3.11. The average Bonchev–Trinajstić information content (AvgIpc) is 2.73. The van der Waals surface area contributed by atoms with Gasteiger partial charge in [-0.15, -0.1) is 0 Å². The molecule has 3 N–H and O–H groups in total. The molecule has 0 radical (unpaired) electrons. The normalized spacial score (nSPS) is 13.1. The SMILES string of the molecule is CC(C)(C)OC(=O)NCCC(=O)Nc1ccc(NS(=O)(=O)c2ccc3c(c2)OCCO3)cc1. The number of carbonyl (C=O) groups excluding carboxylic acids is 2. The Morgan fingerprint density at radius 2 is 1.61 bits per heavy atom. The summed E-state index contributed by atoms with van der Waals surface area (Å²) < 4.78 is 43.8. The first-order valence-electron chi connectivity index (χ1n) is 10.3. The van der Waals surface area contributed by atoms with Crippen LogP contribution in [0.25, 0.3) is 0 Å². The van der Waals surface area contributed by atoms with E-state index in [1.165, 1.54) is 24.3 Å². The van der Waals surface area contributed by atoms with Gasteiger partial charge in [0.25, 0.3) is 10.0 Å². The summed E-state index contributed by atoms with van der Waals surface area (Å²) in [5.74, 6) is 0.570. The quantitative estimate of drug-likeness (QED) is 0.558. The molecule has 1 aliphatic heterocycles. The van der Waals surface area contributed by atoms with Gasteiger partial charge in [0, 0.05) is 30.4 Å². The van der Waals surface area contributed by atoms with Crippen molar-refractivity contribution in [2.75, 3.05) is 29.8 Å². The molecule has 0 spiro atoms. The summed E-state index contributed by atoms with van der Waals surface area (Å²) >= 11 is 0. The van der Waals surface area contributed by atoms with Crippen molar-refractivity contribution in [1.82, 2.24) is 5.32 Å². The van der Waals surface area contributed by atoms with Crippen LogP contribution in [0.15, 0.2) is 47.4 Å². The number of benzene rings is 2. The van der Waals surface area contributed by atoms with Crippen molar-refractivity contribution < 1.29 is 32.2 Å². The second-order valence-corrected chi connectivity index (χ2v) is 9.90. The zero-order valence-corrected chi connectivity index (χ0v) is 19.5. The Morgan fingerprint density at radius 1 is 0.970 bits per heavy atom. The minimum absolute atomic E-state index is 0.0432. The number of nitrogens with one attached hydrogen (secondary N) is 3. The van der Waals surface area contributed by atoms with E-state index in [2.05, 4.69) is 15.4 Å². The van der Waals surface area contributed by atoms with Crippen LogP contribution in [0.5, 0.6) is 11.5 Å². The standard InChI is InChI=1S/C22H27N3O7S/c1-22(2,3)32-21(27)23-11-10-20(26)24-15-4-6-16(7-5-15)25-33(28,29)17-8-9-18-19(14-17)31-13-12-30-18/h4-9,14,25H,10-13H2,1-3H3,(H,23,27)(H,24,26). The molecule has 0 aromatic heterocycles. The molecule has 178 valence electrons. The highest BCUT2D eigenvalue weighted by Gasteiger charge is 2.20. The molecule has 2 aromatic carbocycles. The molecule has 0 fully saturated rings. The first-order chi connectivity index (χ1) is 15.5. The lowest BCUT2D eigenvalue weighted by Crippen LogP contribution is -2.34. The molecule has 1 aliphatic rings. The maximum Gasteiger partial charge on any atom is 0.407 e. The first-order valence-corrected chi connectivity index (χ1v) is 11.8. The van der Waals surface area contributed by atoms with Crippen molar-refractivity contribution in [3.8, 4) is 11.5 Å². The van der Waals surface area contributed by atoms with Gasteiger partial charge < -0.3 is 24.8 Å². The lowest BCUT2D eigenvalue weighted by Gasteiger charge is -2.19. The topological polar surface area (TPSA) is 132 Å². The molecule has 2 aromatic rings. The van der Waals surface area contributed by atoms with Gasteiger partial charge in [-0.05, 0) is 57.2 Å². The Balaban J connectivity index is 1.51. The number of hydrogen-bond acceptors (Lipinski definition) is 7. The number of anilines is 2. The molecule has 0 saturated heterocycles. The second kappa shape index (κ2) is 9.99. The number of amides is 2. The van der Waals surface area contributed by atoms with Gasteiger partial charge in [-0.2, -0.15) is 0 Å². The van der Waals surface area contributed by atoms with Gasteiger partial charge in [0.05, 0.1) is 4.90 Å². The van der Waals surface area contributed by atoms with Crippen LogP contribution in [0.4, 0.5) is 16.2 Å². The van der Waals surface area contributed by atoms with E-state index in [1.54, 1.807) is 39.0 Å². The number of ether oxygens (including phenoxy) is 3. The maximum atomic E-state index is 12.7. The molecule has 11 heteroatoms. The monoisotopic (exact) mass is 477 g/mol. The number of sulfonamides is 1. The van der Waals surface area contributed by atoms with Crippen molar-refractivity contribution in [2.45, 2.75) is 37.7 Å². The molecular formula is C22H27N3O7S. The van der Waals surface area contributed by atoms with Crippen LogP contribution in [0, 0.1) is 0 Å². The highest BCUT2D eigenvalue weighted by Crippen LogP contribution is 2.32. The summed E-state index contributed by atoms with van der Waals surface area (Å²) in [6, 6.07) is 10.6. The summed E-state index contributed by atoms with van der Waals surface area (Å²) in [6.45, 7) is 6.14. The smallest absolute Gasteiger partial charge is 0.407 e. The second-order valence-electron chi connectivity index (χ2n) is 8.22. The number of carbonyl (C=O) groups is 2.